The molecule has 0 atom stereocenters. The average Bonchev–Trinajstić information content (AvgIpc) is 2.62. The molecule has 24 heavy (non-hydrogen) atoms. The SMILES string of the molecule is Nc1cc(-c2ccccc2)nc(Sc2ccc3ccccc3c2)n1. The van der Waals surface area contributed by atoms with Crippen LogP contribution in [0.5, 0.6) is 0 Å². The van der Waals surface area contributed by atoms with Gasteiger partial charge in [0.1, 0.15) is 5.82 Å². The van der Waals surface area contributed by atoms with Crippen molar-refractivity contribution in [2.24, 2.45) is 0 Å². The lowest BCUT2D eigenvalue weighted by molar-refractivity contribution is 0.982. The number of aromatic nitrogens is 2. The number of rotatable bonds is 3. The van der Waals surface area contributed by atoms with Crippen molar-refractivity contribution < 1.29 is 0 Å². The topological polar surface area (TPSA) is 51.8 Å². The second-order valence-electron chi connectivity index (χ2n) is 5.44. The number of hydrogen-bond acceptors (Lipinski definition) is 4. The number of nitrogens with zero attached hydrogens (tertiary/aromatic N) is 2. The number of nitrogen functional groups attached to an aromatic ring is 1. The van der Waals surface area contributed by atoms with E-state index < -0.39 is 0 Å². The average molecular weight is 329 g/mol. The monoisotopic (exact) mass is 329 g/mol. The van der Waals surface area contributed by atoms with Crippen LogP contribution in [-0.4, -0.2) is 9.97 Å². The standard InChI is InChI=1S/C20H15N3S/c21-19-13-18(15-7-2-1-3-8-15)22-20(23-19)24-17-11-10-14-6-4-5-9-16(14)12-17/h1-13H,(H2,21,22,23). The van der Waals surface area contributed by atoms with Crippen LogP contribution in [0.2, 0.25) is 0 Å². The summed E-state index contributed by atoms with van der Waals surface area (Å²) in [6.07, 6.45) is 0. The van der Waals surface area contributed by atoms with Crippen molar-refractivity contribution in [3.8, 4) is 11.3 Å². The van der Waals surface area contributed by atoms with Crippen molar-refractivity contribution in [3.63, 3.8) is 0 Å². The minimum Gasteiger partial charge on any atom is -0.384 e. The molecule has 2 N–H and O–H groups in total. The van der Waals surface area contributed by atoms with Crippen molar-refractivity contribution >= 4 is 28.4 Å². The van der Waals surface area contributed by atoms with E-state index >= 15 is 0 Å². The molecule has 0 radical (unpaired) electrons. The lowest BCUT2D eigenvalue weighted by Crippen LogP contribution is -1.96. The first kappa shape index (κ1) is 14.7. The van der Waals surface area contributed by atoms with Gasteiger partial charge in [-0.3, -0.25) is 0 Å². The molecule has 3 aromatic carbocycles. The number of benzene rings is 3. The summed E-state index contributed by atoms with van der Waals surface area (Å²) in [6, 6.07) is 26.5. The van der Waals surface area contributed by atoms with E-state index in [1.807, 2.05) is 42.5 Å². The highest BCUT2D eigenvalue weighted by Gasteiger charge is 2.07. The van der Waals surface area contributed by atoms with Gasteiger partial charge in [-0.15, -0.1) is 0 Å². The van der Waals surface area contributed by atoms with Gasteiger partial charge in [-0.2, -0.15) is 0 Å². The predicted molar refractivity (Wildman–Crippen MR) is 100.0 cm³/mol. The van der Waals surface area contributed by atoms with Crippen LogP contribution in [0.25, 0.3) is 22.0 Å². The van der Waals surface area contributed by atoms with Crippen molar-refractivity contribution in [1.29, 1.82) is 0 Å². The zero-order valence-corrected chi connectivity index (χ0v) is 13.7. The fourth-order valence-electron chi connectivity index (χ4n) is 2.58. The highest BCUT2D eigenvalue weighted by Crippen LogP contribution is 2.30. The van der Waals surface area contributed by atoms with Gasteiger partial charge in [0.15, 0.2) is 5.16 Å². The van der Waals surface area contributed by atoms with Crippen LogP contribution < -0.4 is 5.73 Å². The van der Waals surface area contributed by atoms with Gasteiger partial charge in [-0.25, -0.2) is 9.97 Å². The molecule has 0 fully saturated rings. The van der Waals surface area contributed by atoms with E-state index in [0.717, 1.165) is 16.2 Å². The number of nitrogens with two attached hydrogens (primary N) is 1. The van der Waals surface area contributed by atoms with E-state index in [9.17, 15) is 0 Å². The van der Waals surface area contributed by atoms with E-state index in [-0.39, 0.29) is 0 Å². The van der Waals surface area contributed by atoms with E-state index in [1.54, 1.807) is 6.07 Å². The molecule has 4 aromatic rings. The molecule has 116 valence electrons. The summed E-state index contributed by atoms with van der Waals surface area (Å²) in [6.45, 7) is 0. The Hall–Kier alpha value is -2.85. The lowest BCUT2D eigenvalue weighted by Gasteiger charge is -2.06. The van der Waals surface area contributed by atoms with Gasteiger partial charge in [-0.1, -0.05) is 60.7 Å². The molecule has 0 bridgehead atoms. The molecule has 0 aliphatic heterocycles. The van der Waals surface area contributed by atoms with Crippen LogP contribution in [0.15, 0.2) is 88.9 Å². The van der Waals surface area contributed by atoms with E-state index in [2.05, 4.69) is 40.3 Å². The molecule has 1 aromatic heterocycles. The zero-order chi connectivity index (χ0) is 16.4. The van der Waals surface area contributed by atoms with Crippen molar-refractivity contribution in [3.05, 3.63) is 78.9 Å². The summed E-state index contributed by atoms with van der Waals surface area (Å²) < 4.78 is 0. The zero-order valence-electron chi connectivity index (χ0n) is 12.9. The Kier molecular flexibility index (Phi) is 3.89. The maximum Gasteiger partial charge on any atom is 0.194 e. The minimum absolute atomic E-state index is 0.479. The summed E-state index contributed by atoms with van der Waals surface area (Å²) in [5, 5.41) is 3.08. The third-order valence-corrected chi connectivity index (χ3v) is 4.58. The van der Waals surface area contributed by atoms with Crippen molar-refractivity contribution in [1.82, 2.24) is 9.97 Å². The van der Waals surface area contributed by atoms with Crippen LogP contribution in [0.1, 0.15) is 0 Å². The molecule has 4 rings (SSSR count). The van der Waals surface area contributed by atoms with Crippen LogP contribution in [0, 0.1) is 0 Å². The molecule has 3 nitrogen and oxygen atoms in total. The third-order valence-electron chi connectivity index (χ3n) is 3.73. The Morgan fingerprint density at radius 1 is 0.708 bits per heavy atom. The third kappa shape index (κ3) is 3.09. The Morgan fingerprint density at radius 3 is 2.29 bits per heavy atom. The highest BCUT2D eigenvalue weighted by atomic mass is 32.2. The summed E-state index contributed by atoms with van der Waals surface area (Å²) in [4.78, 5) is 10.1. The van der Waals surface area contributed by atoms with E-state index in [1.165, 1.54) is 22.5 Å². The smallest absolute Gasteiger partial charge is 0.194 e. The maximum absolute atomic E-state index is 5.98. The summed E-state index contributed by atoms with van der Waals surface area (Å²) in [5.74, 6) is 0.479. The van der Waals surface area contributed by atoms with E-state index in [4.69, 9.17) is 5.73 Å². The molecular formula is C20H15N3S. The molecule has 0 amide bonds. The lowest BCUT2D eigenvalue weighted by atomic mass is 10.1. The van der Waals surface area contributed by atoms with Crippen LogP contribution >= 0.6 is 11.8 Å². The molecule has 0 aliphatic carbocycles. The molecule has 0 unspecified atom stereocenters. The van der Waals surface area contributed by atoms with Gasteiger partial charge in [0, 0.05) is 16.5 Å². The van der Waals surface area contributed by atoms with Gasteiger partial charge in [0.25, 0.3) is 0 Å². The Bertz CT molecular complexity index is 1000. The molecule has 0 saturated carbocycles. The first-order valence-corrected chi connectivity index (χ1v) is 8.46. The number of anilines is 1. The number of hydrogen-bond donors (Lipinski definition) is 1. The molecule has 0 saturated heterocycles. The normalized spacial score (nSPS) is 10.8. The van der Waals surface area contributed by atoms with Crippen molar-refractivity contribution in [2.45, 2.75) is 10.1 Å². The summed E-state index contributed by atoms with van der Waals surface area (Å²) in [7, 11) is 0. The molecule has 4 heteroatoms. The number of fused-ring (bicyclic) bond motifs is 1. The summed E-state index contributed by atoms with van der Waals surface area (Å²) in [5.41, 5.74) is 7.85. The maximum atomic E-state index is 5.98. The highest BCUT2D eigenvalue weighted by molar-refractivity contribution is 7.99. The van der Waals surface area contributed by atoms with Gasteiger partial charge < -0.3 is 5.73 Å². The Labute approximate surface area is 144 Å². The predicted octanol–water partition coefficient (Wildman–Crippen LogP) is 5.03. The van der Waals surface area contributed by atoms with Crippen LogP contribution in [0.3, 0.4) is 0 Å². The minimum atomic E-state index is 0.479. The molecular weight excluding hydrogens is 314 g/mol. The fraction of sp³-hybridized carbons (Fsp3) is 0. The van der Waals surface area contributed by atoms with E-state index in [0.29, 0.717) is 11.0 Å². The fourth-order valence-corrected chi connectivity index (χ4v) is 3.41. The first-order valence-electron chi connectivity index (χ1n) is 7.64. The largest absolute Gasteiger partial charge is 0.384 e. The first-order chi connectivity index (χ1) is 11.8. The van der Waals surface area contributed by atoms with Crippen molar-refractivity contribution in [2.75, 3.05) is 5.73 Å². The quantitative estimate of drug-likeness (QED) is 0.536. The van der Waals surface area contributed by atoms with Crippen LogP contribution in [0.4, 0.5) is 5.82 Å². The van der Waals surface area contributed by atoms with Gasteiger partial charge >= 0.3 is 0 Å². The second-order valence-corrected chi connectivity index (χ2v) is 6.48. The Morgan fingerprint density at radius 2 is 1.46 bits per heavy atom. The van der Waals surface area contributed by atoms with Gasteiger partial charge in [0.2, 0.25) is 0 Å². The van der Waals surface area contributed by atoms with Crippen LogP contribution in [-0.2, 0) is 0 Å². The summed E-state index contributed by atoms with van der Waals surface area (Å²) >= 11 is 1.52. The van der Waals surface area contributed by atoms with Gasteiger partial charge in [0.05, 0.1) is 5.69 Å². The Balaban J connectivity index is 1.69. The van der Waals surface area contributed by atoms with Gasteiger partial charge in [-0.05, 0) is 34.7 Å². The molecule has 0 aliphatic rings. The molecule has 1 heterocycles. The second kappa shape index (κ2) is 6.34. The molecule has 0 spiro atoms.